The van der Waals surface area contributed by atoms with Crippen LogP contribution < -0.4 is 14.8 Å². The Balaban J connectivity index is 1.78. The molecule has 1 N–H and O–H groups in total. The zero-order valence-electron chi connectivity index (χ0n) is 23.6. The first-order valence-electron chi connectivity index (χ1n) is 12.6. The van der Waals surface area contributed by atoms with Crippen LogP contribution in [-0.4, -0.2) is 42.1 Å². The summed E-state index contributed by atoms with van der Waals surface area (Å²) in [5.74, 6) is 0.989. The summed E-state index contributed by atoms with van der Waals surface area (Å²) >= 11 is 0. The minimum atomic E-state index is -2.05. The van der Waals surface area contributed by atoms with Gasteiger partial charge >= 0.3 is 0 Å². The van der Waals surface area contributed by atoms with Crippen molar-refractivity contribution in [3.05, 3.63) is 65.1 Å². The number of nitrogens with zero attached hydrogens (tertiary/aromatic N) is 4. The third-order valence-electron chi connectivity index (χ3n) is 7.24. The van der Waals surface area contributed by atoms with E-state index in [1.54, 1.807) is 31.7 Å². The molecule has 2 aromatic carbocycles. The number of fused-ring (bicyclic) bond motifs is 1. The Bertz CT molecular complexity index is 1500. The van der Waals surface area contributed by atoms with Gasteiger partial charge in [0.25, 0.3) is 0 Å². The second-order valence-corrected chi connectivity index (χ2v) is 15.7. The number of hydrogen-bond donors (Lipinski definition) is 1. The van der Waals surface area contributed by atoms with E-state index < -0.39 is 20.0 Å². The maximum absolute atomic E-state index is 14.8. The fraction of sp³-hybridized carbons (Fsp3) is 0.393. The number of anilines is 1. The smallest absolute Gasteiger partial charge is 0.198 e. The van der Waals surface area contributed by atoms with Crippen LogP contribution in [0.25, 0.3) is 16.9 Å². The van der Waals surface area contributed by atoms with E-state index in [2.05, 4.69) is 44.3 Å². The number of halogens is 2. The number of rotatable bonds is 9. The molecule has 0 radical (unpaired) electrons. The number of benzene rings is 2. The molecular formula is C28H35F2N5O3Si. The van der Waals surface area contributed by atoms with Gasteiger partial charge in [-0.1, -0.05) is 20.8 Å². The van der Waals surface area contributed by atoms with Crippen molar-refractivity contribution >= 4 is 19.8 Å². The average molecular weight is 556 g/mol. The Kier molecular flexibility index (Phi) is 7.94. The van der Waals surface area contributed by atoms with Crippen LogP contribution in [0.5, 0.6) is 11.5 Å². The molecule has 39 heavy (non-hydrogen) atoms. The number of ether oxygens (including phenoxy) is 2. The van der Waals surface area contributed by atoms with Gasteiger partial charge in [-0.3, -0.25) is 0 Å². The molecule has 0 spiro atoms. The number of hydrogen-bond acceptors (Lipinski definition) is 7. The minimum absolute atomic E-state index is 0.0237. The third-order valence-corrected chi connectivity index (χ3v) is 11.7. The van der Waals surface area contributed by atoms with Crippen LogP contribution in [0.3, 0.4) is 0 Å². The van der Waals surface area contributed by atoms with Crippen molar-refractivity contribution in [2.24, 2.45) is 0 Å². The van der Waals surface area contributed by atoms with E-state index >= 15 is 0 Å². The Morgan fingerprint density at radius 3 is 2.41 bits per heavy atom. The second kappa shape index (κ2) is 10.9. The van der Waals surface area contributed by atoms with Crippen LogP contribution in [0.15, 0.2) is 36.4 Å². The first-order chi connectivity index (χ1) is 18.3. The molecule has 8 nitrogen and oxygen atoms in total. The van der Waals surface area contributed by atoms with Crippen molar-refractivity contribution < 1.29 is 22.7 Å². The monoisotopic (exact) mass is 555 g/mol. The summed E-state index contributed by atoms with van der Waals surface area (Å²) in [6, 6.07) is 8.80. The Morgan fingerprint density at radius 2 is 1.74 bits per heavy atom. The van der Waals surface area contributed by atoms with Crippen molar-refractivity contribution in [1.82, 2.24) is 19.6 Å². The average Bonchev–Trinajstić information content (AvgIpc) is 3.33. The zero-order chi connectivity index (χ0) is 28.5. The van der Waals surface area contributed by atoms with E-state index in [0.717, 1.165) is 23.8 Å². The van der Waals surface area contributed by atoms with Gasteiger partial charge < -0.3 is 19.2 Å². The van der Waals surface area contributed by atoms with Gasteiger partial charge in [0.05, 0.1) is 32.2 Å². The van der Waals surface area contributed by atoms with E-state index in [9.17, 15) is 8.78 Å². The Hall–Kier alpha value is -3.57. The Labute approximate surface area is 228 Å². The van der Waals surface area contributed by atoms with Crippen molar-refractivity contribution in [2.45, 2.75) is 59.0 Å². The first-order valence-corrected chi connectivity index (χ1v) is 15.6. The lowest BCUT2D eigenvalue weighted by molar-refractivity contribution is 0.267. The van der Waals surface area contributed by atoms with Crippen LogP contribution in [0.2, 0.25) is 18.1 Å². The van der Waals surface area contributed by atoms with E-state index in [1.807, 2.05) is 12.1 Å². The molecule has 0 bridgehead atoms. The summed E-state index contributed by atoms with van der Waals surface area (Å²) in [6.45, 7) is 13.1. The molecule has 0 saturated carbocycles. The standard InChI is InChI=1S/C28H35F2N5O3Si/c1-17-25(21-13-19(29)10-12-22(21)30)33-26(31-15-18-9-11-20(36-5)14-23(18)37-6)27-32-24(34-35(17)27)16-38-39(7,8)28(2,3)4/h9-14H,15-16H2,1-8H3,(H,31,33). The maximum Gasteiger partial charge on any atom is 0.198 e. The van der Waals surface area contributed by atoms with Crippen molar-refractivity contribution in [3.8, 4) is 22.8 Å². The van der Waals surface area contributed by atoms with Crippen molar-refractivity contribution in [2.75, 3.05) is 19.5 Å². The van der Waals surface area contributed by atoms with Gasteiger partial charge in [0.1, 0.15) is 23.1 Å². The van der Waals surface area contributed by atoms with Gasteiger partial charge in [0.15, 0.2) is 25.6 Å². The van der Waals surface area contributed by atoms with E-state index in [0.29, 0.717) is 41.0 Å². The molecule has 0 aliphatic rings. The van der Waals surface area contributed by atoms with Crippen LogP contribution in [0.1, 0.15) is 37.9 Å². The van der Waals surface area contributed by atoms with Gasteiger partial charge in [-0.2, -0.15) is 0 Å². The molecule has 4 rings (SSSR count). The predicted octanol–water partition coefficient (Wildman–Crippen LogP) is 6.53. The van der Waals surface area contributed by atoms with Crippen LogP contribution in [-0.2, 0) is 17.6 Å². The molecule has 0 amide bonds. The largest absolute Gasteiger partial charge is 0.497 e. The molecule has 11 heteroatoms. The lowest BCUT2D eigenvalue weighted by atomic mass is 10.1. The predicted molar refractivity (Wildman–Crippen MR) is 150 cm³/mol. The van der Waals surface area contributed by atoms with Crippen LogP contribution >= 0.6 is 0 Å². The van der Waals surface area contributed by atoms with Gasteiger partial charge in [-0.25, -0.2) is 23.3 Å². The maximum atomic E-state index is 14.8. The van der Waals surface area contributed by atoms with Crippen molar-refractivity contribution in [3.63, 3.8) is 0 Å². The molecule has 0 aliphatic heterocycles. The molecule has 2 aromatic heterocycles. The first kappa shape index (κ1) is 28.4. The topological polar surface area (TPSA) is 82.8 Å². The highest BCUT2D eigenvalue weighted by Gasteiger charge is 2.37. The van der Waals surface area contributed by atoms with Crippen LogP contribution in [0, 0.1) is 18.6 Å². The molecule has 2 heterocycles. The molecule has 0 aliphatic carbocycles. The van der Waals surface area contributed by atoms with E-state index in [4.69, 9.17) is 23.9 Å². The number of nitrogens with one attached hydrogen (secondary N) is 1. The highest BCUT2D eigenvalue weighted by atomic mass is 28.4. The lowest BCUT2D eigenvalue weighted by Crippen LogP contribution is -2.40. The van der Waals surface area contributed by atoms with Gasteiger partial charge in [-0.15, -0.1) is 5.10 Å². The molecule has 4 aromatic rings. The summed E-state index contributed by atoms with van der Waals surface area (Å²) in [6.07, 6.45) is 0. The number of aromatic nitrogens is 4. The van der Waals surface area contributed by atoms with Gasteiger partial charge in [-0.05, 0) is 55.4 Å². The fourth-order valence-electron chi connectivity index (χ4n) is 3.84. The second-order valence-electron chi connectivity index (χ2n) is 10.9. The molecule has 208 valence electrons. The summed E-state index contributed by atoms with van der Waals surface area (Å²) in [5.41, 5.74) is 2.11. The number of aryl methyl sites for hydroxylation is 1. The van der Waals surface area contributed by atoms with Gasteiger partial charge in [0, 0.05) is 23.7 Å². The molecule has 0 saturated heterocycles. The lowest BCUT2D eigenvalue weighted by Gasteiger charge is -2.35. The molecule has 0 unspecified atom stereocenters. The fourth-order valence-corrected chi connectivity index (χ4v) is 4.76. The Morgan fingerprint density at radius 1 is 1.00 bits per heavy atom. The SMILES string of the molecule is COc1ccc(CNc2nc(-c3cc(F)ccc3F)c(C)n3nc(CO[Si](C)(C)C(C)(C)C)nc23)c(OC)c1. The quantitative estimate of drug-likeness (QED) is 0.235. The summed E-state index contributed by atoms with van der Waals surface area (Å²) in [7, 11) is 1.11. The van der Waals surface area contributed by atoms with E-state index in [-0.39, 0.29) is 22.9 Å². The van der Waals surface area contributed by atoms with Crippen LogP contribution in [0.4, 0.5) is 14.6 Å². The normalized spacial score (nSPS) is 12.2. The molecule has 0 fully saturated rings. The zero-order valence-corrected chi connectivity index (χ0v) is 24.6. The number of methoxy groups -OCH3 is 2. The minimum Gasteiger partial charge on any atom is -0.497 e. The summed E-state index contributed by atoms with van der Waals surface area (Å²) in [5, 5.41) is 7.99. The summed E-state index contributed by atoms with van der Waals surface area (Å²) < 4.78 is 47.7. The molecule has 0 atom stereocenters. The van der Waals surface area contributed by atoms with Gasteiger partial charge in [0.2, 0.25) is 0 Å². The third kappa shape index (κ3) is 5.89. The molecular weight excluding hydrogens is 520 g/mol. The van der Waals surface area contributed by atoms with E-state index in [1.165, 1.54) is 0 Å². The van der Waals surface area contributed by atoms with Crippen molar-refractivity contribution in [1.29, 1.82) is 0 Å². The highest BCUT2D eigenvalue weighted by molar-refractivity contribution is 6.74. The highest BCUT2D eigenvalue weighted by Crippen LogP contribution is 2.37. The summed E-state index contributed by atoms with van der Waals surface area (Å²) in [4.78, 5) is 9.42.